The largest absolute Gasteiger partial charge is 0.348 e. The molecule has 8 nitrogen and oxygen atoms in total. The first-order chi connectivity index (χ1) is 17.2. The molecule has 0 atom stereocenters. The van der Waals surface area contributed by atoms with Gasteiger partial charge in [0.1, 0.15) is 17.5 Å². The van der Waals surface area contributed by atoms with Crippen LogP contribution in [0.2, 0.25) is 0 Å². The molecule has 2 aliphatic rings. The number of carbonyl (C=O) groups excluding carboxylic acids is 1. The highest BCUT2D eigenvalue weighted by Gasteiger charge is 2.27. The van der Waals surface area contributed by atoms with E-state index in [-0.39, 0.29) is 11.5 Å². The molecule has 0 bridgehead atoms. The van der Waals surface area contributed by atoms with Crippen molar-refractivity contribution >= 4 is 29.0 Å². The zero-order valence-corrected chi connectivity index (χ0v) is 19.4. The Labute approximate surface area is 204 Å². The smallest absolute Gasteiger partial charge is 0.256 e. The van der Waals surface area contributed by atoms with Crippen molar-refractivity contribution in [1.82, 2.24) is 20.6 Å². The van der Waals surface area contributed by atoms with Gasteiger partial charge in [0.05, 0.1) is 11.3 Å². The molecule has 1 saturated carbocycles. The van der Waals surface area contributed by atoms with Crippen LogP contribution in [0.3, 0.4) is 0 Å². The Hall–Kier alpha value is -4.22. The lowest BCUT2D eigenvalue weighted by Crippen LogP contribution is -2.25. The van der Waals surface area contributed by atoms with E-state index in [1.165, 1.54) is 17.3 Å². The van der Waals surface area contributed by atoms with Crippen molar-refractivity contribution in [2.45, 2.75) is 31.7 Å². The molecule has 0 saturated heterocycles. The van der Waals surface area contributed by atoms with Gasteiger partial charge in [0.15, 0.2) is 0 Å². The first kappa shape index (κ1) is 22.6. The molecule has 35 heavy (non-hydrogen) atoms. The van der Waals surface area contributed by atoms with Gasteiger partial charge in [-0.15, -0.1) is 6.58 Å². The number of nitrogens with zero attached hydrogens (tertiary/aromatic N) is 3. The van der Waals surface area contributed by atoms with Gasteiger partial charge in [0.2, 0.25) is 5.95 Å². The summed E-state index contributed by atoms with van der Waals surface area (Å²) in [7, 11) is 0. The minimum Gasteiger partial charge on any atom is -0.348 e. The fraction of sp³-hybridized carbons (Fsp3) is 0.259. The molecule has 0 spiro atoms. The summed E-state index contributed by atoms with van der Waals surface area (Å²) in [6.45, 7) is 5.80. The summed E-state index contributed by atoms with van der Waals surface area (Å²) in [5.41, 5.74) is 6.00. The lowest BCUT2D eigenvalue weighted by Gasteiger charge is -2.18. The van der Waals surface area contributed by atoms with E-state index in [2.05, 4.69) is 56.0 Å². The number of fused-ring (bicyclic) bond motifs is 1. The lowest BCUT2D eigenvalue weighted by atomic mass is 10.0. The Bertz CT molecular complexity index is 1320. The molecule has 3 aromatic rings. The molecule has 8 heteroatoms. The van der Waals surface area contributed by atoms with Crippen molar-refractivity contribution in [3.8, 4) is 6.07 Å². The molecule has 1 fully saturated rings. The predicted molar refractivity (Wildman–Crippen MR) is 136 cm³/mol. The van der Waals surface area contributed by atoms with Crippen LogP contribution >= 0.6 is 0 Å². The van der Waals surface area contributed by atoms with Crippen LogP contribution < -0.4 is 21.3 Å². The quantitative estimate of drug-likeness (QED) is 0.367. The van der Waals surface area contributed by atoms with Gasteiger partial charge in [-0.2, -0.15) is 10.2 Å². The summed E-state index contributed by atoms with van der Waals surface area (Å²) in [5, 5.41) is 22.5. The van der Waals surface area contributed by atoms with Crippen LogP contribution in [0, 0.1) is 11.3 Å². The fourth-order valence-electron chi connectivity index (χ4n) is 4.31. The van der Waals surface area contributed by atoms with Gasteiger partial charge in [-0.25, -0.2) is 4.98 Å². The van der Waals surface area contributed by atoms with Crippen LogP contribution in [-0.4, -0.2) is 29.0 Å². The number of carbonyl (C=O) groups is 1. The predicted octanol–water partition coefficient (Wildman–Crippen LogP) is 4.27. The van der Waals surface area contributed by atoms with Gasteiger partial charge in [-0.3, -0.25) is 4.79 Å². The fourth-order valence-corrected chi connectivity index (χ4v) is 4.31. The summed E-state index contributed by atoms with van der Waals surface area (Å²) in [6, 6.07) is 14.3. The molecule has 0 unspecified atom stereocenters. The number of anilines is 4. The van der Waals surface area contributed by atoms with Crippen molar-refractivity contribution < 1.29 is 4.79 Å². The minimum atomic E-state index is -0.322. The monoisotopic (exact) mass is 465 g/mol. The van der Waals surface area contributed by atoms with E-state index in [4.69, 9.17) is 0 Å². The van der Waals surface area contributed by atoms with Gasteiger partial charge in [0.25, 0.3) is 5.91 Å². The summed E-state index contributed by atoms with van der Waals surface area (Å²) >= 11 is 0. The van der Waals surface area contributed by atoms with Crippen LogP contribution in [0.25, 0.3) is 0 Å². The van der Waals surface area contributed by atoms with Gasteiger partial charge in [0, 0.05) is 25.0 Å². The molecule has 1 amide bonds. The second-order valence-corrected chi connectivity index (χ2v) is 8.77. The third-order valence-electron chi connectivity index (χ3n) is 6.27. The Balaban J connectivity index is 1.48. The van der Waals surface area contributed by atoms with Gasteiger partial charge in [-0.05, 0) is 66.6 Å². The summed E-state index contributed by atoms with van der Waals surface area (Å²) in [6.07, 6.45) is 6.25. The van der Waals surface area contributed by atoms with E-state index >= 15 is 0 Å². The van der Waals surface area contributed by atoms with Gasteiger partial charge in [-0.1, -0.05) is 24.3 Å². The first-order valence-corrected chi connectivity index (χ1v) is 11.8. The van der Waals surface area contributed by atoms with Crippen molar-refractivity contribution in [2.24, 2.45) is 0 Å². The SMILES string of the molecule is C=CCNC(=O)c1cnc(Nc2ccc3c(c2)CCNC3)nc1Nc1cccc(C2CC2)c1C#N. The third kappa shape index (κ3) is 5.00. The van der Waals surface area contributed by atoms with Crippen LogP contribution in [-0.2, 0) is 13.0 Å². The lowest BCUT2D eigenvalue weighted by molar-refractivity contribution is 0.0958. The molecule has 1 aliphatic heterocycles. The first-order valence-electron chi connectivity index (χ1n) is 11.8. The Morgan fingerprint density at radius 1 is 1.23 bits per heavy atom. The van der Waals surface area contributed by atoms with Gasteiger partial charge >= 0.3 is 0 Å². The second-order valence-electron chi connectivity index (χ2n) is 8.77. The number of hydrogen-bond acceptors (Lipinski definition) is 7. The van der Waals surface area contributed by atoms with E-state index in [0.29, 0.717) is 35.5 Å². The van der Waals surface area contributed by atoms with Crippen LogP contribution in [0.5, 0.6) is 0 Å². The topological polar surface area (TPSA) is 115 Å². The number of amides is 1. The van der Waals surface area contributed by atoms with Crippen LogP contribution in [0.1, 0.15) is 51.4 Å². The highest BCUT2D eigenvalue weighted by molar-refractivity contribution is 5.99. The minimum absolute atomic E-state index is 0.287. The molecular weight excluding hydrogens is 438 g/mol. The van der Waals surface area contributed by atoms with E-state index in [1.54, 1.807) is 6.08 Å². The number of hydrogen-bond donors (Lipinski definition) is 4. The van der Waals surface area contributed by atoms with E-state index < -0.39 is 0 Å². The Morgan fingerprint density at radius 3 is 2.91 bits per heavy atom. The number of nitrogens with one attached hydrogen (secondary N) is 4. The highest BCUT2D eigenvalue weighted by atomic mass is 16.1. The number of aromatic nitrogens is 2. The number of benzene rings is 2. The molecule has 5 rings (SSSR count). The number of nitriles is 1. The van der Waals surface area contributed by atoms with Crippen molar-refractivity contribution in [1.29, 1.82) is 5.26 Å². The summed E-state index contributed by atoms with van der Waals surface area (Å²) in [5.74, 6) is 0.787. The van der Waals surface area contributed by atoms with E-state index in [1.807, 2.05) is 24.3 Å². The van der Waals surface area contributed by atoms with Crippen molar-refractivity contribution in [3.05, 3.63) is 83.1 Å². The zero-order chi connectivity index (χ0) is 24.2. The average Bonchev–Trinajstić information content (AvgIpc) is 3.73. The number of rotatable bonds is 8. The molecule has 2 aromatic carbocycles. The highest BCUT2D eigenvalue weighted by Crippen LogP contribution is 2.43. The Kier molecular flexibility index (Phi) is 6.42. The molecule has 0 radical (unpaired) electrons. The van der Waals surface area contributed by atoms with Crippen LogP contribution in [0.4, 0.5) is 23.1 Å². The van der Waals surface area contributed by atoms with Crippen molar-refractivity contribution in [3.63, 3.8) is 0 Å². The average molecular weight is 466 g/mol. The summed E-state index contributed by atoms with van der Waals surface area (Å²) in [4.78, 5) is 21.8. The summed E-state index contributed by atoms with van der Waals surface area (Å²) < 4.78 is 0. The normalized spacial score (nSPS) is 14.4. The van der Waals surface area contributed by atoms with Gasteiger partial charge < -0.3 is 21.3 Å². The maximum absolute atomic E-state index is 12.8. The molecule has 1 aromatic heterocycles. The van der Waals surface area contributed by atoms with E-state index in [9.17, 15) is 10.1 Å². The molecule has 1 aliphatic carbocycles. The maximum Gasteiger partial charge on any atom is 0.256 e. The second kappa shape index (κ2) is 9.95. The standard InChI is InChI=1S/C27H27N7O/c1-2-11-30-26(35)23-16-31-27(32-20-9-8-19-15-29-12-10-18(19)13-20)34-25(23)33-24-5-3-4-21(17-6-7-17)22(24)14-28/h2-5,8-9,13,16-17,29H,1,6-7,10-12,15H2,(H,30,35)(H2,31,32,33,34). The zero-order valence-electron chi connectivity index (χ0n) is 19.4. The maximum atomic E-state index is 12.8. The van der Waals surface area contributed by atoms with Crippen LogP contribution in [0.15, 0.2) is 55.3 Å². The van der Waals surface area contributed by atoms with Crippen molar-refractivity contribution in [2.75, 3.05) is 23.7 Å². The van der Waals surface area contributed by atoms with E-state index in [0.717, 1.165) is 43.6 Å². The molecule has 4 N–H and O–H groups in total. The molecule has 176 valence electrons. The molecular formula is C27H27N7O. The molecule has 2 heterocycles. The third-order valence-corrected chi connectivity index (χ3v) is 6.27. The Morgan fingerprint density at radius 2 is 2.11 bits per heavy atom.